The molecule has 0 aliphatic heterocycles. The van der Waals surface area contributed by atoms with Crippen LogP contribution in [0.2, 0.25) is 0 Å². The van der Waals surface area contributed by atoms with Crippen LogP contribution in [0.1, 0.15) is 23.2 Å². The van der Waals surface area contributed by atoms with Crippen LogP contribution < -0.4 is 10.9 Å². The third-order valence-corrected chi connectivity index (χ3v) is 2.66. The van der Waals surface area contributed by atoms with Crippen LogP contribution in [0.3, 0.4) is 0 Å². The zero-order valence-electron chi connectivity index (χ0n) is 11.4. The molecule has 1 aromatic rings. The second-order valence-electron chi connectivity index (χ2n) is 4.35. The Hall–Kier alpha value is -1.88. The number of carbonyl (C=O) groups is 1. The molecule has 2 N–H and O–H groups in total. The Balaban J connectivity index is 2.46. The minimum absolute atomic E-state index is 0.00332. The van der Waals surface area contributed by atoms with Crippen molar-refractivity contribution in [1.82, 2.24) is 10.3 Å². The number of amides is 1. The van der Waals surface area contributed by atoms with E-state index in [0.717, 1.165) is 11.3 Å². The van der Waals surface area contributed by atoms with E-state index < -0.39 is 0 Å². The number of aromatic nitrogens is 1. The minimum atomic E-state index is -0.233. The molecular formula is C14H20N2O3. The average molecular weight is 264 g/mol. The van der Waals surface area contributed by atoms with E-state index in [-0.39, 0.29) is 24.6 Å². The molecule has 0 saturated carbocycles. The number of ether oxygens (including phenoxy) is 1. The maximum Gasteiger partial charge on any atom is 0.253 e. The van der Waals surface area contributed by atoms with Crippen LogP contribution in [0.4, 0.5) is 0 Å². The summed E-state index contributed by atoms with van der Waals surface area (Å²) in [6.45, 7) is 7.92. The number of pyridine rings is 1. The SMILES string of the molecule is C=CCCOCC(=O)NCc1c(C)cc(C)[nH]c1=O. The predicted molar refractivity (Wildman–Crippen MR) is 74.0 cm³/mol. The molecule has 19 heavy (non-hydrogen) atoms. The van der Waals surface area contributed by atoms with E-state index in [1.165, 1.54) is 0 Å². The molecule has 0 spiro atoms. The van der Waals surface area contributed by atoms with Gasteiger partial charge in [0.2, 0.25) is 5.91 Å². The normalized spacial score (nSPS) is 10.2. The summed E-state index contributed by atoms with van der Waals surface area (Å²) in [6.07, 6.45) is 2.44. The highest BCUT2D eigenvalue weighted by Crippen LogP contribution is 2.02. The summed E-state index contributed by atoms with van der Waals surface area (Å²) in [4.78, 5) is 25.9. The first-order valence-electron chi connectivity index (χ1n) is 6.19. The monoisotopic (exact) mass is 264 g/mol. The summed E-state index contributed by atoms with van der Waals surface area (Å²) in [5.74, 6) is -0.233. The van der Waals surface area contributed by atoms with E-state index in [2.05, 4.69) is 16.9 Å². The van der Waals surface area contributed by atoms with Crippen LogP contribution in [0, 0.1) is 13.8 Å². The molecule has 0 aliphatic carbocycles. The number of aryl methyl sites for hydroxylation is 2. The summed E-state index contributed by atoms with van der Waals surface area (Å²) in [5.41, 5.74) is 2.09. The highest BCUT2D eigenvalue weighted by Gasteiger charge is 2.07. The van der Waals surface area contributed by atoms with Crippen molar-refractivity contribution in [2.75, 3.05) is 13.2 Å². The molecule has 0 fully saturated rings. The van der Waals surface area contributed by atoms with Gasteiger partial charge in [0.15, 0.2) is 0 Å². The fourth-order valence-corrected chi connectivity index (χ4v) is 1.67. The Morgan fingerprint density at radius 2 is 2.26 bits per heavy atom. The van der Waals surface area contributed by atoms with E-state index in [4.69, 9.17) is 4.74 Å². The number of aromatic amines is 1. The van der Waals surface area contributed by atoms with Crippen LogP contribution in [-0.2, 0) is 16.1 Å². The smallest absolute Gasteiger partial charge is 0.253 e. The molecule has 0 radical (unpaired) electrons. The molecule has 1 amide bonds. The number of nitrogens with one attached hydrogen (secondary N) is 2. The van der Waals surface area contributed by atoms with E-state index in [9.17, 15) is 9.59 Å². The lowest BCUT2D eigenvalue weighted by atomic mass is 10.1. The average Bonchev–Trinajstić information content (AvgIpc) is 2.33. The van der Waals surface area contributed by atoms with Gasteiger partial charge in [-0.05, 0) is 31.9 Å². The summed E-state index contributed by atoms with van der Waals surface area (Å²) >= 11 is 0. The van der Waals surface area contributed by atoms with Crippen molar-refractivity contribution in [3.8, 4) is 0 Å². The Morgan fingerprint density at radius 1 is 1.53 bits per heavy atom. The third-order valence-electron chi connectivity index (χ3n) is 2.66. The van der Waals surface area contributed by atoms with Crippen molar-refractivity contribution in [2.45, 2.75) is 26.8 Å². The Morgan fingerprint density at radius 3 is 2.89 bits per heavy atom. The van der Waals surface area contributed by atoms with Crippen LogP contribution in [0.5, 0.6) is 0 Å². The van der Waals surface area contributed by atoms with Crippen molar-refractivity contribution < 1.29 is 9.53 Å². The molecule has 1 aromatic heterocycles. The topological polar surface area (TPSA) is 71.2 Å². The zero-order chi connectivity index (χ0) is 14.3. The maximum atomic E-state index is 11.7. The minimum Gasteiger partial charge on any atom is -0.371 e. The second kappa shape index (κ2) is 7.53. The molecule has 0 unspecified atom stereocenters. The van der Waals surface area contributed by atoms with Crippen molar-refractivity contribution >= 4 is 5.91 Å². The van der Waals surface area contributed by atoms with Gasteiger partial charge in [-0.15, -0.1) is 6.58 Å². The van der Waals surface area contributed by atoms with E-state index >= 15 is 0 Å². The lowest BCUT2D eigenvalue weighted by molar-refractivity contribution is -0.125. The Labute approximate surface area is 112 Å². The Bertz CT molecular complexity index is 506. The fourth-order valence-electron chi connectivity index (χ4n) is 1.67. The summed E-state index contributed by atoms with van der Waals surface area (Å²) < 4.78 is 5.13. The molecule has 104 valence electrons. The molecule has 0 saturated heterocycles. The molecule has 0 bridgehead atoms. The zero-order valence-corrected chi connectivity index (χ0v) is 11.4. The number of hydrogen-bond donors (Lipinski definition) is 2. The van der Waals surface area contributed by atoms with Crippen LogP contribution in [-0.4, -0.2) is 24.1 Å². The van der Waals surface area contributed by atoms with Gasteiger partial charge in [-0.25, -0.2) is 0 Å². The molecule has 5 nitrogen and oxygen atoms in total. The largest absolute Gasteiger partial charge is 0.371 e. The van der Waals surface area contributed by atoms with E-state index in [1.54, 1.807) is 6.08 Å². The molecule has 0 atom stereocenters. The first kappa shape index (κ1) is 15.2. The molecule has 5 heteroatoms. The summed E-state index contributed by atoms with van der Waals surface area (Å²) in [6, 6.07) is 1.88. The van der Waals surface area contributed by atoms with Gasteiger partial charge in [0.05, 0.1) is 6.61 Å². The molecule has 1 rings (SSSR count). The number of carbonyl (C=O) groups excluding carboxylic acids is 1. The van der Waals surface area contributed by atoms with E-state index in [1.807, 2.05) is 19.9 Å². The second-order valence-corrected chi connectivity index (χ2v) is 4.35. The maximum absolute atomic E-state index is 11.7. The standard InChI is InChI=1S/C14H20N2O3/c1-4-5-6-19-9-13(17)15-8-12-10(2)7-11(3)16-14(12)18/h4,7H,1,5-6,8-9H2,2-3H3,(H,15,17)(H,16,18). The molecule has 0 aliphatic rings. The van der Waals surface area contributed by atoms with Crippen LogP contribution in [0.15, 0.2) is 23.5 Å². The number of hydrogen-bond acceptors (Lipinski definition) is 3. The highest BCUT2D eigenvalue weighted by molar-refractivity contribution is 5.77. The van der Waals surface area contributed by atoms with Crippen LogP contribution in [0.25, 0.3) is 0 Å². The lowest BCUT2D eigenvalue weighted by Crippen LogP contribution is -2.30. The van der Waals surface area contributed by atoms with Gasteiger partial charge in [0, 0.05) is 17.8 Å². The Kier molecular flexibility index (Phi) is 6.02. The van der Waals surface area contributed by atoms with Crippen molar-refractivity contribution in [3.63, 3.8) is 0 Å². The molecule has 0 aromatic carbocycles. The van der Waals surface area contributed by atoms with Gasteiger partial charge in [-0.3, -0.25) is 9.59 Å². The van der Waals surface area contributed by atoms with Gasteiger partial charge in [0.1, 0.15) is 6.61 Å². The van der Waals surface area contributed by atoms with Gasteiger partial charge in [0.25, 0.3) is 5.56 Å². The van der Waals surface area contributed by atoms with Crippen molar-refractivity contribution in [1.29, 1.82) is 0 Å². The quantitative estimate of drug-likeness (QED) is 0.574. The summed E-state index contributed by atoms with van der Waals surface area (Å²) in [5, 5.41) is 2.67. The predicted octanol–water partition coefficient (Wildman–Crippen LogP) is 1.20. The lowest BCUT2D eigenvalue weighted by Gasteiger charge is -2.08. The summed E-state index contributed by atoms with van der Waals surface area (Å²) in [7, 11) is 0. The van der Waals surface area contributed by atoms with Crippen LogP contribution >= 0.6 is 0 Å². The van der Waals surface area contributed by atoms with Gasteiger partial charge < -0.3 is 15.0 Å². The third kappa shape index (κ3) is 5.09. The van der Waals surface area contributed by atoms with Crippen molar-refractivity contribution in [3.05, 3.63) is 45.9 Å². The fraction of sp³-hybridized carbons (Fsp3) is 0.429. The van der Waals surface area contributed by atoms with Gasteiger partial charge >= 0.3 is 0 Å². The van der Waals surface area contributed by atoms with Gasteiger partial charge in [-0.2, -0.15) is 0 Å². The first-order valence-corrected chi connectivity index (χ1v) is 6.19. The number of H-pyrrole nitrogens is 1. The first-order chi connectivity index (χ1) is 9.04. The van der Waals surface area contributed by atoms with E-state index in [0.29, 0.717) is 18.6 Å². The highest BCUT2D eigenvalue weighted by atomic mass is 16.5. The van der Waals surface area contributed by atoms with Crippen molar-refractivity contribution in [2.24, 2.45) is 0 Å². The van der Waals surface area contributed by atoms with Gasteiger partial charge in [-0.1, -0.05) is 6.08 Å². The number of rotatable bonds is 7. The molecular weight excluding hydrogens is 244 g/mol. The molecule has 1 heterocycles.